The van der Waals surface area contributed by atoms with Crippen LogP contribution in [0.25, 0.3) is 10.2 Å². The molecular formula is C20H20N4O2S. The Hall–Kier alpha value is -2.51. The van der Waals surface area contributed by atoms with E-state index in [1.165, 1.54) is 11.1 Å². The van der Waals surface area contributed by atoms with Crippen LogP contribution in [0.15, 0.2) is 42.0 Å². The number of carbonyl (C=O) groups excluding carboxylic acids is 1. The maximum absolute atomic E-state index is 13.1. The molecule has 1 aromatic carbocycles. The highest BCUT2D eigenvalue weighted by Crippen LogP contribution is 2.28. The summed E-state index contributed by atoms with van der Waals surface area (Å²) in [6.07, 6.45) is 2.05. The van der Waals surface area contributed by atoms with Gasteiger partial charge in [-0.2, -0.15) is 0 Å². The molecule has 5 rings (SSSR count). The maximum atomic E-state index is 13.1. The molecule has 0 radical (unpaired) electrons. The van der Waals surface area contributed by atoms with E-state index < -0.39 is 6.10 Å². The van der Waals surface area contributed by atoms with Gasteiger partial charge in [0.1, 0.15) is 17.0 Å². The number of carbonyl (C=O) groups is 1. The van der Waals surface area contributed by atoms with Crippen LogP contribution in [0, 0.1) is 0 Å². The molecule has 2 aliphatic heterocycles. The smallest absolute Gasteiger partial charge is 0.253 e. The summed E-state index contributed by atoms with van der Waals surface area (Å²) >= 11 is 1.60. The van der Waals surface area contributed by atoms with Crippen molar-refractivity contribution >= 4 is 33.3 Å². The van der Waals surface area contributed by atoms with E-state index in [9.17, 15) is 4.79 Å². The summed E-state index contributed by atoms with van der Waals surface area (Å²) in [6.45, 7) is 3.19. The first-order chi connectivity index (χ1) is 13.3. The quantitative estimate of drug-likeness (QED) is 0.684. The lowest BCUT2D eigenvalue weighted by Crippen LogP contribution is -2.52. The lowest BCUT2D eigenvalue weighted by Gasteiger charge is -2.37. The third-order valence-corrected chi connectivity index (χ3v) is 6.15. The highest BCUT2D eigenvalue weighted by atomic mass is 32.1. The van der Waals surface area contributed by atoms with Gasteiger partial charge in [-0.1, -0.05) is 24.3 Å². The van der Waals surface area contributed by atoms with E-state index in [4.69, 9.17) is 4.74 Å². The molecule has 2 aliphatic rings. The van der Waals surface area contributed by atoms with Crippen LogP contribution in [0.2, 0.25) is 0 Å². The molecule has 1 amide bonds. The summed E-state index contributed by atoms with van der Waals surface area (Å²) in [5.41, 5.74) is 2.58. The topological polar surface area (TPSA) is 58.6 Å². The van der Waals surface area contributed by atoms with Gasteiger partial charge >= 0.3 is 0 Å². The molecule has 1 fully saturated rings. The van der Waals surface area contributed by atoms with Gasteiger partial charge in [-0.05, 0) is 29.0 Å². The van der Waals surface area contributed by atoms with Crippen molar-refractivity contribution in [2.24, 2.45) is 0 Å². The van der Waals surface area contributed by atoms with Gasteiger partial charge in [-0.15, -0.1) is 11.3 Å². The maximum Gasteiger partial charge on any atom is 0.253 e. The zero-order valence-corrected chi connectivity index (χ0v) is 15.7. The van der Waals surface area contributed by atoms with Crippen LogP contribution in [-0.2, 0) is 22.5 Å². The molecule has 4 heterocycles. The van der Waals surface area contributed by atoms with Crippen LogP contribution in [0.3, 0.4) is 0 Å². The number of thiophene rings is 1. The average molecular weight is 380 g/mol. The third-order valence-electron chi connectivity index (χ3n) is 5.32. The van der Waals surface area contributed by atoms with Gasteiger partial charge in [0.15, 0.2) is 6.10 Å². The van der Waals surface area contributed by atoms with Gasteiger partial charge in [0.25, 0.3) is 5.91 Å². The number of hydrogen-bond acceptors (Lipinski definition) is 6. The van der Waals surface area contributed by atoms with Gasteiger partial charge in [0, 0.05) is 19.6 Å². The average Bonchev–Trinajstić information content (AvgIpc) is 3.22. The minimum absolute atomic E-state index is 0.0739. The molecule has 0 saturated carbocycles. The normalized spacial score (nSPS) is 19.9. The Morgan fingerprint density at radius 1 is 1.15 bits per heavy atom. The molecule has 0 spiro atoms. The number of hydrogen-bond donors (Lipinski definition) is 0. The molecular weight excluding hydrogens is 360 g/mol. The highest BCUT2D eigenvalue weighted by Gasteiger charge is 2.32. The lowest BCUT2D eigenvalue weighted by atomic mass is 9.99. The Kier molecular flexibility index (Phi) is 4.26. The summed E-state index contributed by atoms with van der Waals surface area (Å²) < 4.78 is 5.85. The second-order valence-electron chi connectivity index (χ2n) is 6.92. The third kappa shape index (κ3) is 3.07. The Balaban J connectivity index is 1.34. The fraction of sp³-hybridized carbons (Fsp3) is 0.350. The molecule has 138 valence electrons. The fourth-order valence-electron chi connectivity index (χ4n) is 3.91. The Morgan fingerprint density at radius 2 is 2.04 bits per heavy atom. The summed E-state index contributed by atoms with van der Waals surface area (Å²) in [5.74, 6) is 0.969. The van der Waals surface area contributed by atoms with Crippen molar-refractivity contribution in [2.75, 3.05) is 31.1 Å². The van der Waals surface area contributed by atoms with E-state index in [1.807, 2.05) is 22.4 Å². The van der Waals surface area contributed by atoms with Crippen molar-refractivity contribution in [1.82, 2.24) is 14.9 Å². The number of anilines is 1. The molecule has 6 nitrogen and oxygen atoms in total. The van der Waals surface area contributed by atoms with Gasteiger partial charge in [0.2, 0.25) is 0 Å². The first-order valence-corrected chi connectivity index (χ1v) is 10.1. The number of benzene rings is 1. The van der Waals surface area contributed by atoms with E-state index in [-0.39, 0.29) is 5.91 Å². The number of rotatable bonds is 2. The van der Waals surface area contributed by atoms with Crippen molar-refractivity contribution in [1.29, 1.82) is 0 Å². The predicted octanol–water partition coefficient (Wildman–Crippen LogP) is 2.48. The molecule has 7 heteroatoms. The van der Waals surface area contributed by atoms with Crippen molar-refractivity contribution in [2.45, 2.75) is 19.1 Å². The first-order valence-electron chi connectivity index (χ1n) is 9.20. The summed E-state index contributed by atoms with van der Waals surface area (Å²) in [5, 5.41) is 3.07. The van der Waals surface area contributed by atoms with Crippen LogP contribution >= 0.6 is 11.3 Å². The zero-order valence-electron chi connectivity index (χ0n) is 14.9. The van der Waals surface area contributed by atoms with E-state index in [0.717, 1.165) is 35.5 Å². The molecule has 2 aromatic heterocycles. The second kappa shape index (κ2) is 6.90. The predicted molar refractivity (Wildman–Crippen MR) is 105 cm³/mol. The summed E-state index contributed by atoms with van der Waals surface area (Å²) in [4.78, 5) is 27.0. The standard InChI is InChI=1S/C20H20N4O2S/c25-20(24-7-5-14-3-1-2-4-15(14)11-24)17-12-23(8-9-26-17)18-16-6-10-27-19(16)22-13-21-18/h1-4,6,10,13,17H,5,7-9,11-12H2/t17-/m1/s1. The molecule has 27 heavy (non-hydrogen) atoms. The van der Waals surface area contributed by atoms with Crippen molar-refractivity contribution < 1.29 is 9.53 Å². The molecule has 0 aliphatic carbocycles. The Bertz CT molecular complexity index is 989. The van der Waals surface area contributed by atoms with Gasteiger partial charge in [-0.3, -0.25) is 4.79 Å². The SMILES string of the molecule is O=C([C@H]1CN(c2ncnc3sccc23)CCO1)N1CCc2ccccc2C1. The van der Waals surface area contributed by atoms with Gasteiger partial charge in [0.05, 0.1) is 18.5 Å². The molecule has 1 saturated heterocycles. The zero-order chi connectivity index (χ0) is 18.2. The minimum Gasteiger partial charge on any atom is -0.365 e. The van der Waals surface area contributed by atoms with Crippen LogP contribution < -0.4 is 4.90 Å². The molecule has 0 bridgehead atoms. The van der Waals surface area contributed by atoms with E-state index in [1.54, 1.807) is 17.7 Å². The number of fused-ring (bicyclic) bond motifs is 2. The van der Waals surface area contributed by atoms with Crippen molar-refractivity contribution in [3.8, 4) is 0 Å². The molecule has 0 unspecified atom stereocenters. The highest BCUT2D eigenvalue weighted by molar-refractivity contribution is 7.16. The number of morpholine rings is 1. The van der Waals surface area contributed by atoms with E-state index >= 15 is 0 Å². The summed E-state index contributed by atoms with van der Waals surface area (Å²) in [6, 6.07) is 10.4. The number of ether oxygens (including phenoxy) is 1. The summed E-state index contributed by atoms with van der Waals surface area (Å²) in [7, 11) is 0. The second-order valence-corrected chi connectivity index (χ2v) is 7.82. The Labute approximate surface area is 161 Å². The number of nitrogens with zero attached hydrogens (tertiary/aromatic N) is 4. The first kappa shape index (κ1) is 16.6. The molecule has 1 atom stereocenters. The van der Waals surface area contributed by atoms with E-state index in [0.29, 0.717) is 19.7 Å². The molecule has 3 aromatic rings. The monoisotopic (exact) mass is 380 g/mol. The molecule has 0 N–H and O–H groups in total. The number of aromatic nitrogens is 2. The fourth-order valence-corrected chi connectivity index (χ4v) is 4.63. The number of amides is 1. The van der Waals surface area contributed by atoms with Crippen LogP contribution in [0.4, 0.5) is 5.82 Å². The van der Waals surface area contributed by atoms with Gasteiger partial charge in [-0.25, -0.2) is 9.97 Å². The Morgan fingerprint density at radius 3 is 2.96 bits per heavy atom. The van der Waals surface area contributed by atoms with Crippen LogP contribution in [0.1, 0.15) is 11.1 Å². The van der Waals surface area contributed by atoms with Gasteiger partial charge < -0.3 is 14.5 Å². The van der Waals surface area contributed by atoms with Crippen molar-refractivity contribution in [3.05, 3.63) is 53.2 Å². The van der Waals surface area contributed by atoms with Crippen LogP contribution in [0.5, 0.6) is 0 Å². The largest absolute Gasteiger partial charge is 0.365 e. The lowest BCUT2D eigenvalue weighted by molar-refractivity contribution is -0.145. The minimum atomic E-state index is -0.451. The van der Waals surface area contributed by atoms with Crippen molar-refractivity contribution in [3.63, 3.8) is 0 Å². The van der Waals surface area contributed by atoms with Crippen LogP contribution in [-0.4, -0.2) is 53.1 Å². The van der Waals surface area contributed by atoms with E-state index in [2.05, 4.69) is 33.1 Å².